The summed E-state index contributed by atoms with van der Waals surface area (Å²) in [5, 5.41) is 6.64. The zero-order valence-electron chi connectivity index (χ0n) is 15.1. The predicted molar refractivity (Wildman–Crippen MR) is 113 cm³/mol. The Kier molecular flexibility index (Phi) is 14.8. The molecule has 0 amide bonds. The number of nitrogens with zero attached hydrogens (tertiary/aromatic N) is 2. The van der Waals surface area contributed by atoms with Crippen LogP contribution in [0, 0.1) is 0 Å². The number of aromatic nitrogens is 1. The van der Waals surface area contributed by atoms with Gasteiger partial charge in [-0.3, -0.25) is 9.79 Å². The molecule has 0 radical (unpaired) electrons. The van der Waals surface area contributed by atoms with Crippen LogP contribution in [-0.2, 0) is 6.54 Å². The SMILES string of the molecule is CCCCCCN=C(NCC)NCCCCn1ccccc1=O.I. The zero-order valence-corrected chi connectivity index (χ0v) is 17.4. The Hall–Kier alpha value is -1.05. The van der Waals surface area contributed by atoms with Crippen LogP contribution in [0.25, 0.3) is 0 Å². The molecule has 0 atom stereocenters. The molecule has 1 aromatic heterocycles. The van der Waals surface area contributed by atoms with E-state index in [1.165, 1.54) is 19.3 Å². The molecule has 0 unspecified atom stereocenters. The fourth-order valence-electron chi connectivity index (χ4n) is 2.33. The summed E-state index contributed by atoms with van der Waals surface area (Å²) < 4.78 is 1.76. The number of unbranched alkanes of at least 4 members (excludes halogenated alkanes) is 4. The molecular formula is C18H33IN4O. The van der Waals surface area contributed by atoms with Crippen LogP contribution in [0.15, 0.2) is 34.2 Å². The minimum atomic E-state index is 0. The Morgan fingerprint density at radius 2 is 1.92 bits per heavy atom. The van der Waals surface area contributed by atoms with Crippen LogP contribution >= 0.6 is 24.0 Å². The molecule has 2 N–H and O–H groups in total. The zero-order chi connectivity index (χ0) is 16.8. The molecule has 1 rings (SSSR count). The van der Waals surface area contributed by atoms with Crippen LogP contribution in [-0.4, -0.2) is 30.2 Å². The maximum Gasteiger partial charge on any atom is 0.250 e. The molecule has 1 aromatic rings. The standard InChI is InChI=1S/C18H32N4O.HI/c1-3-5-6-8-13-20-18(19-4-2)21-14-9-11-16-22-15-10-7-12-17(22)23;/h7,10,12,15H,3-6,8-9,11,13-14,16H2,1-2H3,(H2,19,20,21);1H. The van der Waals surface area contributed by atoms with E-state index in [9.17, 15) is 4.79 Å². The van der Waals surface area contributed by atoms with Gasteiger partial charge in [0.2, 0.25) is 5.56 Å². The molecular weight excluding hydrogens is 415 g/mol. The highest BCUT2D eigenvalue weighted by Gasteiger charge is 1.98. The van der Waals surface area contributed by atoms with Gasteiger partial charge >= 0.3 is 0 Å². The summed E-state index contributed by atoms with van der Waals surface area (Å²) in [6.07, 6.45) is 8.80. The third-order valence-electron chi connectivity index (χ3n) is 3.64. The minimum absolute atomic E-state index is 0. The molecule has 6 heteroatoms. The van der Waals surface area contributed by atoms with Crippen LogP contribution < -0.4 is 16.2 Å². The Labute approximate surface area is 163 Å². The van der Waals surface area contributed by atoms with Crippen LogP contribution in [0.2, 0.25) is 0 Å². The Morgan fingerprint density at radius 1 is 1.08 bits per heavy atom. The maximum absolute atomic E-state index is 11.6. The number of hydrogen-bond donors (Lipinski definition) is 2. The molecule has 0 aromatic carbocycles. The van der Waals surface area contributed by atoms with Crippen molar-refractivity contribution in [2.45, 2.75) is 58.9 Å². The predicted octanol–water partition coefficient (Wildman–Crippen LogP) is 3.38. The van der Waals surface area contributed by atoms with E-state index in [1.807, 2.05) is 12.3 Å². The van der Waals surface area contributed by atoms with Gasteiger partial charge in [0.15, 0.2) is 5.96 Å². The number of halogens is 1. The molecule has 0 aliphatic heterocycles. The highest BCUT2D eigenvalue weighted by molar-refractivity contribution is 14.0. The molecule has 0 saturated carbocycles. The Balaban J connectivity index is 0.00000529. The lowest BCUT2D eigenvalue weighted by Gasteiger charge is -2.11. The fourth-order valence-corrected chi connectivity index (χ4v) is 2.33. The van der Waals surface area contributed by atoms with Crippen molar-refractivity contribution in [1.82, 2.24) is 15.2 Å². The van der Waals surface area contributed by atoms with Crippen molar-refractivity contribution in [2.24, 2.45) is 4.99 Å². The first-order chi connectivity index (χ1) is 11.3. The van der Waals surface area contributed by atoms with E-state index >= 15 is 0 Å². The quantitative estimate of drug-likeness (QED) is 0.236. The number of pyridine rings is 1. The largest absolute Gasteiger partial charge is 0.357 e. The third-order valence-corrected chi connectivity index (χ3v) is 3.64. The number of aryl methyl sites for hydroxylation is 1. The van der Waals surface area contributed by atoms with Gasteiger partial charge in [-0.2, -0.15) is 0 Å². The van der Waals surface area contributed by atoms with Crippen molar-refractivity contribution in [3.05, 3.63) is 34.7 Å². The molecule has 0 bridgehead atoms. The highest BCUT2D eigenvalue weighted by atomic mass is 127. The summed E-state index contributed by atoms with van der Waals surface area (Å²) in [4.78, 5) is 16.2. The summed E-state index contributed by atoms with van der Waals surface area (Å²) in [6, 6.07) is 5.28. The summed E-state index contributed by atoms with van der Waals surface area (Å²) in [7, 11) is 0. The third kappa shape index (κ3) is 10.7. The van der Waals surface area contributed by atoms with Gasteiger partial charge in [0, 0.05) is 38.4 Å². The smallest absolute Gasteiger partial charge is 0.250 e. The first-order valence-corrected chi connectivity index (χ1v) is 8.95. The monoisotopic (exact) mass is 448 g/mol. The lowest BCUT2D eigenvalue weighted by Crippen LogP contribution is -2.38. The molecule has 0 aliphatic carbocycles. The van der Waals surface area contributed by atoms with Crippen LogP contribution in [0.1, 0.15) is 52.4 Å². The lowest BCUT2D eigenvalue weighted by atomic mass is 10.2. The minimum Gasteiger partial charge on any atom is -0.357 e. The molecule has 138 valence electrons. The van der Waals surface area contributed by atoms with E-state index in [4.69, 9.17) is 0 Å². The second-order valence-corrected chi connectivity index (χ2v) is 5.69. The van der Waals surface area contributed by atoms with Crippen molar-refractivity contribution in [3.8, 4) is 0 Å². The lowest BCUT2D eigenvalue weighted by molar-refractivity contribution is 0.585. The van der Waals surface area contributed by atoms with E-state index in [0.29, 0.717) is 0 Å². The number of hydrogen-bond acceptors (Lipinski definition) is 2. The summed E-state index contributed by atoms with van der Waals surface area (Å²) in [5.41, 5.74) is 0.0717. The average Bonchev–Trinajstić information content (AvgIpc) is 2.55. The molecule has 5 nitrogen and oxygen atoms in total. The topological polar surface area (TPSA) is 58.4 Å². The average molecular weight is 448 g/mol. The first-order valence-electron chi connectivity index (χ1n) is 8.95. The van der Waals surface area contributed by atoms with Crippen molar-refractivity contribution >= 4 is 29.9 Å². The fraction of sp³-hybridized carbons (Fsp3) is 0.667. The normalized spacial score (nSPS) is 11.0. The van der Waals surface area contributed by atoms with Crippen molar-refractivity contribution in [2.75, 3.05) is 19.6 Å². The van der Waals surface area contributed by atoms with Gasteiger partial charge in [0.1, 0.15) is 0 Å². The van der Waals surface area contributed by atoms with Gasteiger partial charge in [-0.05, 0) is 32.3 Å². The highest BCUT2D eigenvalue weighted by Crippen LogP contribution is 1.98. The molecule has 1 heterocycles. The van der Waals surface area contributed by atoms with Gasteiger partial charge in [-0.25, -0.2) is 0 Å². The molecule has 0 aliphatic rings. The first kappa shape index (κ1) is 22.9. The van der Waals surface area contributed by atoms with Crippen LogP contribution in [0.5, 0.6) is 0 Å². The van der Waals surface area contributed by atoms with E-state index in [1.54, 1.807) is 16.7 Å². The van der Waals surface area contributed by atoms with Gasteiger partial charge in [0.25, 0.3) is 0 Å². The molecule has 0 saturated heterocycles. The van der Waals surface area contributed by atoms with E-state index in [0.717, 1.165) is 51.4 Å². The van der Waals surface area contributed by atoms with Crippen molar-refractivity contribution in [1.29, 1.82) is 0 Å². The second kappa shape index (κ2) is 15.5. The van der Waals surface area contributed by atoms with E-state index in [2.05, 4.69) is 29.5 Å². The second-order valence-electron chi connectivity index (χ2n) is 5.69. The van der Waals surface area contributed by atoms with Gasteiger partial charge < -0.3 is 15.2 Å². The molecule has 0 fully saturated rings. The summed E-state index contributed by atoms with van der Waals surface area (Å²) >= 11 is 0. The number of rotatable bonds is 11. The van der Waals surface area contributed by atoms with Crippen LogP contribution in [0.4, 0.5) is 0 Å². The molecule has 0 spiro atoms. The number of guanidine groups is 1. The van der Waals surface area contributed by atoms with Crippen molar-refractivity contribution < 1.29 is 0 Å². The van der Waals surface area contributed by atoms with Gasteiger partial charge in [-0.15, -0.1) is 24.0 Å². The molecule has 24 heavy (non-hydrogen) atoms. The Bertz CT molecular complexity index is 502. The maximum atomic E-state index is 11.6. The Morgan fingerprint density at radius 3 is 2.62 bits per heavy atom. The van der Waals surface area contributed by atoms with E-state index < -0.39 is 0 Å². The van der Waals surface area contributed by atoms with Gasteiger partial charge in [0.05, 0.1) is 0 Å². The summed E-state index contributed by atoms with van der Waals surface area (Å²) in [6.45, 7) is 7.71. The van der Waals surface area contributed by atoms with Crippen LogP contribution in [0.3, 0.4) is 0 Å². The van der Waals surface area contributed by atoms with E-state index in [-0.39, 0.29) is 29.5 Å². The van der Waals surface area contributed by atoms with Gasteiger partial charge in [-0.1, -0.05) is 32.3 Å². The number of nitrogens with one attached hydrogen (secondary N) is 2. The van der Waals surface area contributed by atoms with Crippen molar-refractivity contribution in [3.63, 3.8) is 0 Å². The number of aliphatic imine (C=N–C) groups is 1. The summed E-state index contributed by atoms with van der Waals surface area (Å²) in [5.74, 6) is 0.904.